The van der Waals surface area contributed by atoms with Crippen molar-refractivity contribution in [2.45, 2.75) is 17.2 Å². The van der Waals surface area contributed by atoms with Crippen LogP contribution < -0.4 is 4.74 Å². The van der Waals surface area contributed by atoms with Crippen molar-refractivity contribution in [2.75, 3.05) is 20.2 Å². The normalized spacial score (nSPS) is 19.2. The molecule has 2 aromatic rings. The van der Waals surface area contributed by atoms with Crippen molar-refractivity contribution in [1.82, 2.24) is 4.31 Å². The molecule has 0 saturated carbocycles. The van der Waals surface area contributed by atoms with Crippen LogP contribution in [0, 0.1) is 0 Å². The number of hydrogen-bond donors (Lipinski definition) is 0. The van der Waals surface area contributed by atoms with Crippen molar-refractivity contribution in [3.63, 3.8) is 0 Å². The molecule has 0 amide bonds. The number of sulfonamides is 1. The SMILES string of the molecule is COc1ccc(C2CCN(S(=O)(=O)c3ccccc3)C2)cc1. The molecular weight excluding hydrogens is 298 g/mol. The summed E-state index contributed by atoms with van der Waals surface area (Å²) in [6.07, 6.45) is 0.846. The van der Waals surface area contributed by atoms with Crippen LogP contribution in [0.25, 0.3) is 0 Å². The summed E-state index contributed by atoms with van der Waals surface area (Å²) in [6.45, 7) is 1.09. The first kappa shape index (κ1) is 15.1. The first-order valence-electron chi connectivity index (χ1n) is 7.30. The number of rotatable bonds is 4. The zero-order chi connectivity index (χ0) is 15.6. The first-order chi connectivity index (χ1) is 10.6. The fourth-order valence-corrected chi connectivity index (χ4v) is 4.36. The number of benzene rings is 2. The van der Waals surface area contributed by atoms with Gasteiger partial charge in [-0.25, -0.2) is 8.42 Å². The van der Waals surface area contributed by atoms with E-state index < -0.39 is 10.0 Å². The quantitative estimate of drug-likeness (QED) is 0.871. The van der Waals surface area contributed by atoms with Crippen molar-refractivity contribution >= 4 is 10.0 Å². The average Bonchev–Trinajstić information content (AvgIpc) is 3.06. The molecule has 1 aliphatic heterocycles. The van der Waals surface area contributed by atoms with Gasteiger partial charge in [0.1, 0.15) is 5.75 Å². The van der Waals surface area contributed by atoms with E-state index in [1.54, 1.807) is 35.7 Å². The van der Waals surface area contributed by atoms with Gasteiger partial charge in [-0.2, -0.15) is 4.31 Å². The van der Waals surface area contributed by atoms with E-state index in [9.17, 15) is 8.42 Å². The topological polar surface area (TPSA) is 46.6 Å². The summed E-state index contributed by atoms with van der Waals surface area (Å²) in [5, 5.41) is 0. The predicted octanol–water partition coefficient (Wildman–Crippen LogP) is 2.87. The van der Waals surface area contributed by atoms with Gasteiger partial charge in [0, 0.05) is 13.1 Å². The molecule has 0 aromatic heterocycles. The molecule has 1 saturated heterocycles. The molecule has 0 N–H and O–H groups in total. The molecular formula is C17H19NO3S. The zero-order valence-electron chi connectivity index (χ0n) is 12.5. The second-order valence-electron chi connectivity index (χ2n) is 5.43. The predicted molar refractivity (Wildman–Crippen MR) is 85.6 cm³/mol. The molecule has 1 atom stereocenters. The van der Waals surface area contributed by atoms with Crippen molar-refractivity contribution in [2.24, 2.45) is 0 Å². The fraction of sp³-hybridized carbons (Fsp3) is 0.294. The molecule has 1 fully saturated rings. The van der Waals surface area contributed by atoms with Gasteiger partial charge >= 0.3 is 0 Å². The van der Waals surface area contributed by atoms with E-state index in [4.69, 9.17) is 4.74 Å². The molecule has 3 rings (SSSR count). The Labute approximate surface area is 131 Å². The maximum atomic E-state index is 12.6. The Balaban J connectivity index is 1.77. The maximum absolute atomic E-state index is 12.6. The van der Waals surface area contributed by atoms with Gasteiger partial charge in [0.05, 0.1) is 12.0 Å². The standard InChI is InChI=1S/C17H19NO3S/c1-21-16-9-7-14(8-10-16)15-11-12-18(13-15)22(19,20)17-5-3-2-4-6-17/h2-10,15H,11-13H2,1H3. The van der Waals surface area contributed by atoms with Gasteiger partial charge in [0.25, 0.3) is 0 Å². The number of hydrogen-bond acceptors (Lipinski definition) is 3. The molecule has 1 heterocycles. The largest absolute Gasteiger partial charge is 0.497 e. The Morgan fingerprint density at radius 2 is 1.73 bits per heavy atom. The lowest BCUT2D eigenvalue weighted by Crippen LogP contribution is -2.28. The van der Waals surface area contributed by atoms with Gasteiger partial charge in [-0.15, -0.1) is 0 Å². The minimum Gasteiger partial charge on any atom is -0.497 e. The van der Waals surface area contributed by atoms with E-state index in [0.717, 1.165) is 17.7 Å². The summed E-state index contributed by atoms with van der Waals surface area (Å²) in [6, 6.07) is 16.5. The van der Waals surface area contributed by atoms with Crippen LogP contribution >= 0.6 is 0 Å². The Morgan fingerprint density at radius 1 is 1.05 bits per heavy atom. The van der Waals surface area contributed by atoms with Crippen LogP contribution in [0.4, 0.5) is 0 Å². The molecule has 0 bridgehead atoms. The highest BCUT2D eigenvalue weighted by Crippen LogP contribution is 2.31. The number of ether oxygens (including phenoxy) is 1. The monoisotopic (exact) mass is 317 g/mol. The summed E-state index contributed by atoms with van der Waals surface area (Å²) in [5.74, 6) is 1.06. The minimum atomic E-state index is -3.38. The lowest BCUT2D eigenvalue weighted by Gasteiger charge is -2.17. The lowest BCUT2D eigenvalue weighted by atomic mass is 9.99. The molecule has 1 aliphatic rings. The summed E-state index contributed by atoms with van der Waals surface area (Å²) in [5.41, 5.74) is 1.16. The Bertz CT molecular complexity index is 726. The molecule has 1 unspecified atom stereocenters. The van der Waals surface area contributed by atoms with Crippen molar-refractivity contribution < 1.29 is 13.2 Å². The Hall–Kier alpha value is -1.85. The third-order valence-electron chi connectivity index (χ3n) is 4.12. The molecule has 0 radical (unpaired) electrons. The second kappa shape index (κ2) is 6.10. The van der Waals surface area contributed by atoms with Crippen molar-refractivity contribution in [1.29, 1.82) is 0 Å². The summed E-state index contributed by atoms with van der Waals surface area (Å²) in [4.78, 5) is 0.366. The smallest absolute Gasteiger partial charge is 0.243 e. The van der Waals surface area contributed by atoms with Gasteiger partial charge in [0.15, 0.2) is 0 Å². The van der Waals surface area contributed by atoms with Crippen LogP contribution in [-0.4, -0.2) is 32.9 Å². The van der Waals surface area contributed by atoms with E-state index >= 15 is 0 Å². The highest BCUT2D eigenvalue weighted by atomic mass is 32.2. The van der Waals surface area contributed by atoms with Crippen LogP contribution in [-0.2, 0) is 10.0 Å². The van der Waals surface area contributed by atoms with Crippen LogP contribution in [0.3, 0.4) is 0 Å². The van der Waals surface area contributed by atoms with E-state index in [0.29, 0.717) is 18.0 Å². The Kier molecular flexibility index (Phi) is 4.18. The van der Waals surface area contributed by atoms with Crippen LogP contribution in [0.15, 0.2) is 59.5 Å². The summed E-state index contributed by atoms with van der Waals surface area (Å²) >= 11 is 0. The first-order valence-corrected chi connectivity index (χ1v) is 8.74. The van der Waals surface area contributed by atoms with Crippen LogP contribution in [0.1, 0.15) is 17.9 Å². The number of methoxy groups -OCH3 is 1. The highest BCUT2D eigenvalue weighted by molar-refractivity contribution is 7.89. The molecule has 0 spiro atoms. The zero-order valence-corrected chi connectivity index (χ0v) is 13.3. The molecule has 4 nitrogen and oxygen atoms in total. The molecule has 5 heteroatoms. The van der Waals surface area contributed by atoms with Crippen molar-refractivity contribution in [3.05, 3.63) is 60.2 Å². The van der Waals surface area contributed by atoms with E-state index in [1.807, 2.05) is 30.3 Å². The second-order valence-corrected chi connectivity index (χ2v) is 7.37. The average molecular weight is 317 g/mol. The fourth-order valence-electron chi connectivity index (χ4n) is 2.84. The van der Waals surface area contributed by atoms with Crippen LogP contribution in [0.2, 0.25) is 0 Å². The highest BCUT2D eigenvalue weighted by Gasteiger charge is 2.32. The van der Waals surface area contributed by atoms with E-state index in [1.165, 1.54) is 0 Å². The molecule has 2 aromatic carbocycles. The van der Waals surface area contributed by atoms with Gasteiger partial charge in [0.2, 0.25) is 10.0 Å². The van der Waals surface area contributed by atoms with Gasteiger partial charge in [-0.1, -0.05) is 30.3 Å². The Morgan fingerprint density at radius 3 is 2.36 bits per heavy atom. The third-order valence-corrected chi connectivity index (χ3v) is 6.00. The van der Waals surface area contributed by atoms with Gasteiger partial charge in [-0.05, 0) is 42.2 Å². The van der Waals surface area contributed by atoms with Gasteiger partial charge in [-0.3, -0.25) is 0 Å². The third kappa shape index (κ3) is 2.87. The van der Waals surface area contributed by atoms with Crippen LogP contribution in [0.5, 0.6) is 5.75 Å². The van der Waals surface area contributed by atoms with Crippen molar-refractivity contribution in [3.8, 4) is 5.75 Å². The molecule has 0 aliphatic carbocycles. The summed E-state index contributed by atoms with van der Waals surface area (Å²) < 4.78 is 32.0. The lowest BCUT2D eigenvalue weighted by molar-refractivity contribution is 0.414. The molecule has 22 heavy (non-hydrogen) atoms. The summed E-state index contributed by atoms with van der Waals surface area (Å²) in [7, 11) is -1.75. The molecule has 116 valence electrons. The minimum absolute atomic E-state index is 0.240. The van der Waals surface area contributed by atoms with Gasteiger partial charge < -0.3 is 4.74 Å². The number of nitrogens with zero attached hydrogens (tertiary/aromatic N) is 1. The maximum Gasteiger partial charge on any atom is 0.243 e. The van der Waals surface area contributed by atoms with E-state index in [-0.39, 0.29) is 5.92 Å². The van der Waals surface area contributed by atoms with E-state index in [2.05, 4.69) is 0 Å².